The van der Waals surface area contributed by atoms with Gasteiger partial charge in [-0.05, 0) is 36.1 Å². The van der Waals surface area contributed by atoms with Crippen LogP contribution in [0, 0.1) is 0 Å². The number of aryl methyl sites for hydroxylation is 1. The Balaban J connectivity index is 2.06. The molecule has 0 aliphatic carbocycles. The Morgan fingerprint density at radius 2 is 1.92 bits per heavy atom. The smallest absolute Gasteiger partial charge is 0.243 e. The molecule has 130 valence electrons. The predicted octanol–water partition coefficient (Wildman–Crippen LogP) is 3.35. The fourth-order valence-corrected chi connectivity index (χ4v) is 4.58. The predicted molar refractivity (Wildman–Crippen MR) is 97.8 cm³/mol. The fourth-order valence-electron chi connectivity index (χ4n) is 2.36. The molecule has 0 saturated heterocycles. The van der Waals surface area contributed by atoms with Crippen LogP contribution < -0.4 is 5.32 Å². The number of sulfonamides is 1. The van der Waals surface area contributed by atoms with Gasteiger partial charge in [0.25, 0.3) is 0 Å². The van der Waals surface area contributed by atoms with Crippen LogP contribution in [0.2, 0.25) is 0 Å². The lowest BCUT2D eigenvalue weighted by Crippen LogP contribution is -2.30. The van der Waals surface area contributed by atoms with Gasteiger partial charge >= 0.3 is 0 Å². The minimum Gasteiger partial charge on any atom is -0.326 e. The molecule has 2 aromatic rings. The number of benzene rings is 1. The lowest BCUT2D eigenvalue weighted by atomic mass is 10.2. The number of carbonyl (C=O) groups excluding carboxylic acids is 1. The summed E-state index contributed by atoms with van der Waals surface area (Å²) in [5.74, 6) is -0.124. The summed E-state index contributed by atoms with van der Waals surface area (Å²) in [6.45, 7) is 4.43. The molecule has 7 heteroatoms. The number of thiophene rings is 1. The lowest BCUT2D eigenvalue weighted by Gasteiger charge is -2.18. The maximum Gasteiger partial charge on any atom is 0.243 e. The van der Waals surface area contributed by atoms with Gasteiger partial charge in [0, 0.05) is 30.1 Å². The number of hydrogen-bond donors (Lipinski definition) is 1. The van der Waals surface area contributed by atoms with Crippen molar-refractivity contribution in [1.29, 1.82) is 0 Å². The van der Waals surface area contributed by atoms with Crippen LogP contribution in [0.3, 0.4) is 0 Å². The maximum atomic E-state index is 12.5. The third-order valence-electron chi connectivity index (χ3n) is 3.64. The SMILES string of the molecule is CCN(CC)S(=O)(=O)c1cccc(NC(=O)CCc2cccs2)c1. The quantitative estimate of drug-likeness (QED) is 0.779. The summed E-state index contributed by atoms with van der Waals surface area (Å²) in [5, 5.41) is 4.76. The molecule has 1 heterocycles. The van der Waals surface area contributed by atoms with Gasteiger partial charge in [0.15, 0.2) is 0 Å². The number of rotatable bonds is 8. The van der Waals surface area contributed by atoms with Gasteiger partial charge in [0.05, 0.1) is 4.90 Å². The Hall–Kier alpha value is -1.70. The van der Waals surface area contributed by atoms with Crippen LogP contribution >= 0.6 is 11.3 Å². The van der Waals surface area contributed by atoms with Crippen molar-refractivity contribution in [3.63, 3.8) is 0 Å². The molecule has 0 atom stereocenters. The highest BCUT2D eigenvalue weighted by atomic mass is 32.2. The molecule has 1 N–H and O–H groups in total. The van der Waals surface area contributed by atoms with E-state index in [-0.39, 0.29) is 10.8 Å². The van der Waals surface area contributed by atoms with Gasteiger partial charge in [0.1, 0.15) is 0 Å². The summed E-state index contributed by atoms with van der Waals surface area (Å²) in [7, 11) is -3.52. The summed E-state index contributed by atoms with van der Waals surface area (Å²) >= 11 is 1.62. The number of nitrogens with zero attached hydrogens (tertiary/aromatic N) is 1. The molecule has 0 aliphatic heterocycles. The second-order valence-electron chi connectivity index (χ2n) is 5.24. The molecule has 1 amide bonds. The number of hydrogen-bond acceptors (Lipinski definition) is 4. The van der Waals surface area contributed by atoms with Crippen molar-refractivity contribution in [2.75, 3.05) is 18.4 Å². The Kier molecular flexibility index (Phi) is 6.53. The topological polar surface area (TPSA) is 66.5 Å². The zero-order valence-electron chi connectivity index (χ0n) is 13.9. The van der Waals surface area contributed by atoms with Gasteiger partial charge < -0.3 is 5.32 Å². The molecule has 0 unspecified atom stereocenters. The van der Waals surface area contributed by atoms with Crippen LogP contribution in [-0.4, -0.2) is 31.7 Å². The molecule has 2 rings (SSSR count). The van der Waals surface area contributed by atoms with E-state index in [1.165, 1.54) is 10.4 Å². The van der Waals surface area contributed by atoms with Gasteiger partial charge in [-0.1, -0.05) is 26.0 Å². The Labute approximate surface area is 147 Å². The fraction of sp³-hybridized carbons (Fsp3) is 0.353. The molecule has 0 radical (unpaired) electrons. The third-order valence-corrected chi connectivity index (χ3v) is 6.62. The molecular formula is C17H22N2O3S2. The van der Waals surface area contributed by atoms with Crippen LogP contribution in [0.5, 0.6) is 0 Å². The van der Waals surface area contributed by atoms with Gasteiger partial charge in [-0.15, -0.1) is 11.3 Å². The second-order valence-corrected chi connectivity index (χ2v) is 8.21. The van der Waals surface area contributed by atoms with E-state index in [1.807, 2.05) is 17.5 Å². The van der Waals surface area contributed by atoms with Crippen molar-refractivity contribution in [1.82, 2.24) is 4.31 Å². The molecule has 24 heavy (non-hydrogen) atoms. The van der Waals surface area contributed by atoms with Crippen LogP contribution in [0.4, 0.5) is 5.69 Å². The average molecular weight is 367 g/mol. The molecule has 1 aromatic heterocycles. The zero-order valence-corrected chi connectivity index (χ0v) is 15.5. The second kappa shape index (κ2) is 8.41. The van der Waals surface area contributed by atoms with E-state index in [0.29, 0.717) is 31.6 Å². The molecule has 0 aliphatic rings. The highest BCUT2D eigenvalue weighted by Crippen LogP contribution is 2.20. The van der Waals surface area contributed by atoms with E-state index in [9.17, 15) is 13.2 Å². The van der Waals surface area contributed by atoms with Gasteiger partial charge in [-0.25, -0.2) is 8.42 Å². The molecule has 0 fully saturated rings. The van der Waals surface area contributed by atoms with Crippen molar-refractivity contribution in [2.45, 2.75) is 31.6 Å². The normalized spacial score (nSPS) is 11.6. The van der Waals surface area contributed by atoms with E-state index in [4.69, 9.17) is 0 Å². The standard InChI is InChI=1S/C17H22N2O3S2/c1-3-19(4-2)24(21,22)16-9-5-7-14(13-16)18-17(20)11-10-15-8-6-12-23-15/h5-9,12-13H,3-4,10-11H2,1-2H3,(H,18,20). The Bertz CT molecular complexity index is 767. The number of nitrogens with one attached hydrogen (secondary N) is 1. The monoisotopic (exact) mass is 366 g/mol. The third kappa shape index (κ3) is 4.66. The first-order valence-corrected chi connectivity index (χ1v) is 10.2. The van der Waals surface area contributed by atoms with E-state index in [1.54, 1.807) is 43.4 Å². The summed E-state index contributed by atoms with van der Waals surface area (Å²) in [4.78, 5) is 13.4. The number of amides is 1. The van der Waals surface area contributed by atoms with E-state index >= 15 is 0 Å². The highest BCUT2D eigenvalue weighted by Gasteiger charge is 2.21. The van der Waals surface area contributed by atoms with Gasteiger partial charge in [-0.3, -0.25) is 4.79 Å². The van der Waals surface area contributed by atoms with Crippen molar-refractivity contribution >= 4 is 33.0 Å². The van der Waals surface area contributed by atoms with Crippen molar-refractivity contribution < 1.29 is 13.2 Å². The van der Waals surface area contributed by atoms with Crippen LogP contribution in [0.15, 0.2) is 46.7 Å². The Morgan fingerprint density at radius 3 is 2.54 bits per heavy atom. The number of anilines is 1. The molecule has 5 nitrogen and oxygen atoms in total. The summed E-state index contributed by atoms with van der Waals surface area (Å²) in [6.07, 6.45) is 1.05. The summed E-state index contributed by atoms with van der Waals surface area (Å²) in [6, 6.07) is 10.4. The molecular weight excluding hydrogens is 344 g/mol. The first-order valence-electron chi connectivity index (χ1n) is 7.89. The van der Waals surface area contributed by atoms with Crippen LogP contribution in [0.25, 0.3) is 0 Å². The molecule has 1 aromatic carbocycles. The van der Waals surface area contributed by atoms with Crippen molar-refractivity contribution in [2.24, 2.45) is 0 Å². The first-order chi connectivity index (χ1) is 11.5. The van der Waals surface area contributed by atoms with Crippen LogP contribution in [-0.2, 0) is 21.2 Å². The first kappa shape index (κ1) is 18.6. The van der Waals surface area contributed by atoms with Gasteiger partial charge in [-0.2, -0.15) is 4.31 Å². The summed E-state index contributed by atoms with van der Waals surface area (Å²) in [5.41, 5.74) is 0.499. The van der Waals surface area contributed by atoms with Crippen molar-refractivity contribution in [3.05, 3.63) is 46.7 Å². The Morgan fingerprint density at radius 1 is 1.17 bits per heavy atom. The van der Waals surface area contributed by atoms with Crippen LogP contribution in [0.1, 0.15) is 25.1 Å². The van der Waals surface area contributed by atoms with E-state index in [0.717, 1.165) is 4.88 Å². The average Bonchev–Trinajstić information content (AvgIpc) is 3.07. The lowest BCUT2D eigenvalue weighted by molar-refractivity contribution is -0.116. The maximum absolute atomic E-state index is 12.5. The van der Waals surface area contributed by atoms with E-state index < -0.39 is 10.0 Å². The van der Waals surface area contributed by atoms with E-state index in [2.05, 4.69) is 5.32 Å². The zero-order chi connectivity index (χ0) is 17.6. The number of carbonyl (C=O) groups is 1. The van der Waals surface area contributed by atoms with Gasteiger partial charge in [0.2, 0.25) is 15.9 Å². The molecule has 0 spiro atoms. The highest BCUT2D eigenvalue weighted by molar-refractivity contribution is 7.89. The minimum atomic E-state index is -3.52. The molecule has 0 bridgehead atoms. The largest absolute Gasteiger partial charge is 0.326 e. The van der Waals surface area contributed by atoms with Crippen molar-refractivity contribution in [3.8, 4) is 0 Å². The summed E-state index contributed by atoms with van der Waals surface area (Å²) < 4.78 is 26.4. The molecule has 0 saturated carbocycles. The minimum absolute atomic E-state index is 0.124.